The number of rotatable bonds is 55. The molecule has 0 radical (unpaired) electrons. The monoisotopic (exact) mass is 1670 g/mol. The second kappa shape index (κ2) is 53.0. The van der Waals surface area contributed by atoms with Gasteiger partial charge in [0.2, 0.25) is 82.7 Å². The number of hydrogen-bond acceptors (Lipinski definition) is 25. The Morgan fingerprint density at radius 2 is 0.836 bits per heavy atom. The number of hydrogen-bond donors (Lipinski definition) is 26. The molecule has 1 fully saturated rings. The van der Waals surface area contributed by atoms with Gasteiger partial charge in [0.25, 0.3) is 0 Å². The Kier molecular flexibility index (Phi) is 47.4. The highest BCUT2D eigenvalue weighted by molar-refractivity contribution is 7.80. The van der Waals surface area contributed by atoms with E-state index in [0.29, 0.717) is 0 Å². The normalized spacial score (nSPS) is 16.7. The number of nitrogens with zero attached hydrogens (tertiary/aromatic N) is 3. The van der Waals surface area contributed by atoms with E-state index in [2.05, 4.69) is 86.4 Å². The molecule has 31 N–H and O–H groups in total. The van der Waals surface area contributed by atoms with E-state index in [1.165, 1.54) is 6.92 Å². The van der Waals surface area contributed by atoms with E-state index >= 15 is 0 Å². The average molecular weight is 1670 g/mol. The summed E-state index contributed by atoms with van der Waals surface area (Å²) in [5.41, 5.74) is 33.7. The van der Waals surface area contributed by atoms with Crippen molar-refractivity contribution in [3.05, 3.63) is 0 Å². The topological polar surface area (TPSA) is 752 Å². The molecular formula is C70H124N22O23S. The highest BCUT2D eigenvalue weighted by atomic mass is 32.1. The molecule has 0 aromatic heterocycles. The number of carboxylic acid groups (broad SMARTS) is 3. The minimum atomic E-state index is -2.00. The molecule has 46 heteroatoms. The molecule has 14 amide bonds. The van der Waals surface area contributed by atoms with Crippen molar-refractivity contribution < 1.29 is 112 Å². The molecule has 1 rings (SSSR count). The summed E-state index contributed by atoms with van der Waals surface area (Å²) in [5.74, 6) is -20.5. The van der Waals surface area contributed by atoms with Crippen molar-refractivity contribution in [3.63, 3.8) is 0 Å². The lowest BCUT2D eigenvalue weighted by Gasteiger charge is -2.31. The molecule has 45 nitrogen and oxygen atoms in total. The first-order valence-corrected chi connectivity index (χ1v) is 38.9. The number of thiol groups is 1. The predicted octanol–water partition coefficient (Wildman–Crippen LogP) is -8.87. The molecule has 1 aliphatic heterocycles. The molecule has 17 atom stereocenters. The van der Waals surface area contributed by atoms with Crippen LogP contribution < -0.4 is 104 Å². The van der Waals surface area contributed by atoms with Crippen LogP contribution in [0, 0.1) is 17.8 Å². The number of carbonyl (C=O) groups excluding carboxylic acids is 14. The number of likely N-dealkylation sites (tertiary alicyclic amines) is 1. The van der Waals surface area contributed by atoms with E-state index in [9.17, 15) is 112 Å². The van der Waals surface area contributed by atoms with E-state index < -0.39 is 229 Å². The maximum absolute atomic E-state index is 15.0. The lowest BCUT2D eigenvalue weighted by atomic mass is 9.98. The first-order chi connectivity index (χ1) is 54.1. The van der Waals surface area contributed by atoms with Crippen molar-refractivity contribution in [2.45, 2.75) is 268 Å². The lowest BCUT2D eigenvalue weighted by Crippen LogP contribution is -2.62. The number of carboxylic acids is 3. The molecule has 0 aromatic carbocycles. The second-order valence-corrected chi connectivity index (χ2v) is 30.0. The van der Waals surface area contributed by atoms with Crippen LogP contribution in [-0.2, 0) is 81.5 Å². The van der Waals surface area contributed by atoms with Crippen LogP contribution >= 0.6 is 12.6 Å². The van der Waals surface area contributed by atoms with E-state index in [1.807, 2.05) is 5.32 Å². The molecule has 0 spiro atoms. The highest BCUT2D eigenvalue weighted by Gasteiger charge is 2.42. The minimum Gasteiger partial charge on any atom is -0.481 e. The van der Waals surface area contributed by atoms with Gasteiger partial charge >= 0.3 is 17.9 Å². The fraction of sp³-hybridized carbons (Fsp3) is 0.729. The van der Waals surface area contributed by atoms with Gasteiger partial charge in [-0.1, -0.05) is 41.5 Å². The van der Waals surface area contributed by atoms with Crippen molar-refractivity contribution in [2.24, 2.45) is 62.1 Å². The second-order valence-electron chi connectivity index (χ2n) is 29.6. The van der Waals surface area contributed by atoms with Gasteiger partial charge in [-0.25, -0.2) is 4.79 Å². The zero-order chi connectivity index (χ0) is 88.5. The smallest absolute Gasteiger partial charge is 0.328 e. The van der Waals surface area contributed by atoms with Crippen molar-refractivity contribution in [1.82, 2.24) is 74.0 Å². The van der Waals surface area contributed by atoms with Crippen LogP contribution in [-0.4, -0.2) is 289 Å². The fourth-order valence-corrected chi connectivity index (χ4v) is 11.9. The third kappa shape index (κ3) is 39.3. The van der Waals surface area contributed by atoms with E-state index in [-0.39, 0.29) is 139 Å². The summed E-state index contributed by atoms with van der Waals surface area (Å²) >= 11 is 4.06. The minimum absolute atomic E-state index is 0.00794. The standard InChI is InChI=1S/C70H124N22O23S/c1-32(2)26-44(86-62(108)45(27-33(3)4)88-66(112)53(37(9)94)90-63(109)46(28-34(5)6)85-59(105)41(17-13-23-77-69(73)74)81-56(102)39(72)31-116)61(107)84-43(18-14-24-78-70(75)76)67(113)92-25-15-19-48(92)64(110)83-42(20-21-50(97)98)60(106)82-40(16-11-12-22-71)58(104)87-47(29-51(99)100)57(103)79-30-49(96)89-52(36(8)93)65(111)80-35(7)55(101)91-54(38(10)95)68(114)115/h32-48,52-54,93-95,116H,11-31,71-72H2,1-10H3,(H,79,103)(H,80,111)(H,81,102)(H,82,106)(H,83,110)(H,84,107)(H,85,105)(H,86,108)(H,87,104)(H,88,112)(H,89,96)(H,90,109)(H,91,101)(H,97,98)(H,99,100)(H,114,115)(H4,73,74,77)(H4,75,76,78)/t35-,36+,37+,38+,39-,40-,41-,42-,43-,44-,45-,46-,47-,48-,52-,53-,54-/m0/s1. The number of carbonyl (C=O) groups is 17. The van der Waals surface area contributed by atoms with Crippen LogP contribution in [0.5, 0.6) is 0 Å². The number of nitrogens with one attached hydrogen (secondary N) is 13. The van der Waals surface area contributed by atoms with Gasteiger partial charge in [0.15, 0.2) is 18.0 Å². The van der Waals surface area contributed by atoms with Crippen LogP contribution in [0.4, 0.5) is 0 Å². The summed E-state index contributed by atoms with van der Waals surface area (Å²) in [6.45, 7) is 13.8. The Bertz CT molecular complexity index is 3400. The first-order valence-electron chi connectivity index (χ1n) is 38.3. The molecule has 0 unspecified atom stereocenters. The van der Waals surface area contributed by atoms with Gasteiger partial charge < -0.3 is 139 Å². The number of amides is 14. The Hall–Kier alpha value is -10.3. The quantitative estimate of drug-likeness (QED) is 0.0116. The zero-order valence-electron chi connectivity index (χ0n) is 67.3. The summed E-state index contributed by atoms with van der Waals surface area (Å²) in [6, 6.07) is -21.9. The third-order valence-corrected chi connectivity index (χ3v) is 18.2. The Labute approximate surface area is 677 Å². The molecule has 0 aliphatic carbocycles. The summed E-state index contributed by atoms with van der Waals surface area (Å²) in [6.07, 6.45) is -7.34. The van der Waals surface area contributed by atoms with Crippen LogP contribution in [0.15, 0.2) is 9.98 Å². The summed E-state index contributed by atoms with van der Waals surface area (Å²) < 4.78 is 0. The summed E-state index contributed by atoms with van der Waals surface area (Å²) in [7, 11) is 0. The van der Waals surface area contributed by atoms with Gasteiger partial charge in [-0.05, 0) is 135 Å². The van der Waals surface area contributed by atoms with Crippen molar-refractivity contribution in [1.29, 1.82) is 0 Å². The number of nitrogens with two attached hydrogens (primary N) is 6. The number of aliphatic imine (C=N–C) groups is 2. The number of aliphatic carboxylic acids is 3. The van der Waals surface area contributed by atoms with Crippen molar-refractivity contribution in [2.75, 3.05) is 38.5 Å². The Morgan fingerprint density at radius 3 is 1.28 bits per heavy atom. The largest absolute Gasteiger partial charge is 0.481 e. The number of guanidine groups is 2. The maximum atomic E-state index is 15.0. The van der Waals surface area contributed by atoms with E-state index in [4.69, 9.17) is 34.4 Å². The molecule has 116 heavy (non-hydrogen) atoms. The number of unbranched alkanes of at least 4 members (excludes halogenated alkanes) is 1. The van der Waals surface area contributed by atoms with Crippen LogP contribution in [0.25, 0.3) is 0 Å². The average Bonchev–Trinajstić information content (AvgIpc) is 1.65. The third-order valence-electron chi connectivity index (χ3n) is 17.8. The van der Waals surface area contributed by atoms with E-state index in [1.54, 1.807) is 41.5 Å². The molecule has 0 bridgehead atoms. The fourth-order valence-electron chi connectivity index (χ4n) is 11.7. The van der Waals surface area contributed by atoms with Crippen molar-refractivity contribution >= 4 is 125 Å². The molecule has 0 aromatic rings. The van der Waals surface area contributed by atoms with Gasteiger partial charge in [-0.2, -0.15) is 12.6 Å². The van der Waals surface area contributed by atoms with Crippen LogP contribution in [0.3, 0.4) is 0 Å². The number of aliphatic hydroxyl groups excluding tert-OH is 3. The number of aliphatic hydroxyl groups is 3. The van der Waals surface area contributed by atoms with Gasteiger partial charge in [0.1, 0.15) is 72.5 Å². The molecule has 1 aliphatic rings. The van der Waals surface area contributed by atoms with Crippen molar-refractivity contribution in [3.8, 4) is 0 Å². The molecule has 0 saturated carbocycles. The van der Waals surface area contributed by atoms with Crippen LogP contribution in [0.2, 0.25) is 0 Å². The van der Waals surface area contributed by atoms with Gasteiger partial charge in [0, 0.05) is 31.8 Å². The van der Waals surface area contributed by atoms with E-state index in [0.717, 1.165) is 25.7 Å². The Morgan fingerprint density at radius 1 is 0.440 bits per heavy atom. The molecule has 1 saturated heterocycles. The molecular weight excluding hydrogens is 1550 g/mol. The van der Waals surface area contributed by atoms with Gasteiger partial charge in [-0.3, -0.25) is 86.7 Å². The summed E-state index contributed by atoms with van der Waals surface area (Å²) in [4.78, 5) is 240. The predicted molar refractivity (Wildman–Crippen MR) is 421 cm³/mol. The molecule has 658 valence electrons. The van der Waals surface area contributed by atoms with Gasteiger partial charge in [-0.15, -0.1) is 0 Å². The lowest BCUT2D eigenvalue weighted by molar-refractivity contribution is -0.145. The SMILES string of the molecule is CC(C)C[C@H](NC(=O)[C@H](CC(C)C)NC(=O)[C@@H](NC(=O)[C@H](CC(C)C)NC(=O)[C@H](CCCN=C(N)N)NC(=O)[C@@H](N)CS)[C@@H](C)O)C(=O)N[C@@H](CCCN=C(N)N)C(=O)N1CCC[C@H]1C(=O)N[C@@H](CCC(=O)O)C(=O)N[C@@H](CCCCN)C(=O)N[C@@H](CC(=O)O)C(=O)NCC(=O)N[C@H](C(=O)N[C@@H](C)C(=O)N[C@H](C(=O)O)[C@@H](C)O)[C@@H](C)O. The molecule has 1 heterocycles. The highest BCUT2D eigenvalue weighted by Crippen LogP contribution is 2.22. The first kappa shape index (κ1) is 104. The summed E-state index contributed by atoms with van der Waals surface area (Å²) in [5, 5.41) is 91.1. The maximum Gasteiger partial charge on any atom is 0.328 e. The zero-order valence-corrected chi connectivity index (χ0v) is 68.2. The van der Waals surface area contributed by atoms with Gasteiger partial charge in [0.05, 0.1) is 37.3 Å². The Balaban J connectivity index is 3.65. The van der Waals surface area contributed by atoms with Crippen LogP contribution in [0.1, 0.15) is 166 Å².